The molecular formula is C18H23N3O. The lowest BCUT2D eigenvalue weighted by Crippen LogP contribution is -2.34. The Kier molecular flexibility index (Phi) is 5.01. The van der Waals surface area contributed by atoms with Gasteiger partial charge < -0.3 is 4.98 Å². The van der Waals surface area contributed by atoms with Crippen LogP contribution in [-0.4, -0.2) is 33.7 Å². The minimum Gasteiger partial charge on any atom is -0.348 e. The summed E-state index contributed by atoms with van der Waals surface area (Å²) in [5.41, 5.74) is 1.37. The van der Waals surface area contributed by atoms with Crippen molar-refractivity contribution < 1.29 is 4.79 Å². The van der Waals surface area contributed by atoms with Gasteiger partial charge in [-0.2, -0.15) is 0 Å². The van der Waals surface area contributed by atoms with E-state index in [0.29, 0.717) is 24.5 Å². The fraction of sp³-hybridized carbons (Fsp3) is 0.444. The normalized spacial score (nSPS) is 16.7. The summed E-state index contributed by atoms with van der Waals surface area (Å²) in [6, 6.07) is 10.6. The molecule has 0 saturated carbocycles. The third-order valence-corrected chi connectivity index (χ3v) is 4.39. The summed E-state index contributed by atoms with van der Waals surface area (Å²) in [4.78, 5) is 21.7. The summed E-state index contributed by atoms with van der Waals surface area (Å²) in [5.74, 6) is 1.62. The maximum Gasteiger partial charge on any atom is 0.140 e. The Morgan fingerprint density at radius 2 is 2.00 bits per heavy atom. The summed E-state index contributed by atoms with van der Waals surface area (Å²) in [7, 11) is 0. The van der Waals surface area contributed by atoms with Crippen LogP contribution in [0.25, 0.3) is 0 Å². The molecule has 0 aliphatic carbocycles. The molecule has 0 atom stereocenters. The quantitative estimate of drug-likeness (QED) is 0.892. The molecule has 3 rings (SSSR count). The molecule has 1 aromatic heterocycles. The van der Waals surface area contributed by atoms with Crippen LogP contribution >= 0.6 is 0 Å². The Hall–Kier alpha value is -1.94. The number of hydrogen-bond acceptors (Lipinski definition) is 3. The number of carbonyl (C=O) groups excluding carboxylic acids is 1. The highest BCUT2D eigenvalue weighted by molar-refractivity contribution is 5.80. The molecule has 4 nitrogen and oxygen atoms in total. The zero-order valence-corrected chi connectivity index (χ0v) is 12.9. The largest absolute Gasteiger partial charge is 0.348 e. The first-order valence-electron chi connectivity index (χ1n) is 8.06. The minimum absolute atomic E-state index is 0.302. The molecule has 0 spiro atoms. The van der Waals surface area contributed by atoms with Crippen LogP contribution < -0.4 is 0 Å². The van der Waals surface area contributed by atoms with Gasteiger partial charge in [-0.25, -0.2) is 4.98 Å². The first kappa shape index (κ1) is 15.0. The van der Waals surface area contributed by atoms with Crippen LogP contribution in [-0.2, 0) is 17.8 Å². The Labute approximate surface area is 131 Å². The second-order valence-corrected chi connectivity index (χ2v) is 6.16. The summed E-state index contributed by atoms with van der Waals surface area (Å²) in [6.07, 6.45) is 6.85. The Morgan fingerprint density at radius 1 is 1.23 bits per heavy atom. The predicted molar refractivity (Wildman–Crippen MR) is 86.4 cm³/mol. The van der Waals surface area contributed by atoms with Crippen molar-refractivity contribution in [3.63, 3.8) is 0 Å². The lowest BCUT2D eigenvalue weighted by Gasteiger charge is -2.31. The van der Waals surface area contributed by atoms with Gasteiger partial charge in [0.05, 0.1) is 6.42 Å². The van der Waals surface area contributed by atoms with Crippen LogP contribution in [0.1, 0.15) is 30.7 Å². The van der Waals surface area contributed by atoms with Crippen molar-refractivity contribution in [2.24, 2.45) is 5.92 Å². The molecule has 1 aromatic carbocycles. The van der Waals surface area contributed by atoms with Crippen molar-refractivity contribution in [2.75, 3.05) is 13.1 Å². The van der Waals surface area contributed by atoms with E-state index in [1.165, 1.54) is 5.56 Å². The van der Waals surface area contributed by atoms with E-state index in [-0.39, 0.29) is 0 Å². The summed E-state index contributed by atoms with van der Waals surface area (Å²) in [5, 5.41) is 0. The van der Waals surface area contributed by atoms with Crippen LogP contribution in [0.4, 0.5) is 0 Å². The van der Waals surface area contributed by atoms with Crippen molar-refractivity contribution in [1.29, 1.82) is 0 Å². The monoisotopic (exact) mass is 297 g/mol. The third kappa shape index (κ3) is 4.28. The van der Waals surface area contributed by atoms with Gasteiger partial charge in [0.1, 0.15) is 11.6 Å². The topological polar surface area (TPSA) is 49.0 Å². The minimum atomic E-state index is 0.302. The van der Waals surface area contributed by atoms with Crippen LogP contribution in [0.15, 0.2) is 42.7 Å². The Balaban J connectivity index is 1.41. The number of H-pyrrole nitrogens is 1. The van der Waals surface area contributed by atoms with E-state index in [0.717, 1.165) is 38.3 Å². The van der Waals surface area contributed by atoms with Crippen LogP contribution in [0.2, 0.25) is 0 Å². The van der Waals surface area contributed by atoms with Crippen molar-refractivity contribution in [1.82, 2.24) is 14.9 Å². The SMILES string of the molecule is O=C(Cc1ncc[nH]1)CC1CCN(Cc2ccccc2)CC1. The van der Waals surface area contributed by atoms with Gasteiger partial charge in [0, 0.05) is 25.4 Å². The van der Waals surface area contributed by atoms with Crippen LogP contribution in [0.3, 0.4) is 0 Å². The highest BCUT2D eigenvalue weighted by atomic mass is 16.1. The third-order valence-electron chi connectivity index (χ3n) is 4.39. The van der Waals surface area contributed by atoms with E-state index in [1.54, 1.807) is 12.4 Å². The zero-order valence-electron chi connectivity index (χ0n) is 12.9. The van der Waals surface area contributed by atoms with Gasteiger partial charge in [-0.1, -0.05) is 30.3 Å². The molecule has 0 bridgehead atoms. The smallest absolute Gasteiger partial charge is 0.140 e. The maximum absolute atomic E-state index is 12.1. The second kappa shape index (κ2) is 7.36. The lowest BCUT2D eigenvalue weighted by molar-refractivity contribution is -0.119. The molecule has 1 N–H and O–H groups in total. The number of carbonyl (C=O) groups is 1. The molecular weight excluding hydrogens is 274 g/mol. The Morgan fingerprint density at radius 3 is 2.68 bits per heavy atom. The average Bonchev–Trinajstić information content (AvgIpc) is 3.03. The molecule has 4 heteroatoms. The molecule has 1 saturated heterocycles. The molecule has 0 unspecified atom stereocenters. The van der Waals surface area contributed by atoms with Gasteiger partial charge in [0.25, 0.3) is 0 Å². The molecule has 2 aromatic rings. The van der Waals surface area contributed by atoms with Gasteiger partial charge in [-0.3, -0.25) is 9.69 Å². The fourth-order valence-corrected chi connectivity index (χ4v) is 3.17. The van der Waals surface area contributed by atoms with Crippen molar-refractivity contribution in [3.05, 3.63) is 54.1 Å². The molecule has 0 radical (unpaired) electrons. The molecule has 1 fully saturated rings. The number of nitrogens with zero attached hydrogens (tertiary/aromatic N) is 2. The molecule has 22 heavy (non-hydrogen) atoms. The summed E-state index contributed by atoms with van der Waals surface area (Å²) < 4.78 is 0. The first-order valence-corrected chi connectivity index (χ1v) is 8.06. The molecule has 2 heterocycles. The van der Waals surface area contributed by atoms with E-state index in [1.807, 2.05) is 0 Å². The van der Waals surface area contributed by atoms with Gasteiger partial charge >= 0.3 is 0 Å². The standard InChI is InChI=1S/C18H23N3O/c22-17(13-18-19-8-9-20-18)12-15-6-10-21(11-7-15)14-16-4-2-1-3-5-16/h1-5,8-9,15H,6-7,10-14H2,(H,19,20). The number of rotatable bonds is 6. The van der Waals surface area contributed by atoms with E-state index in [2.05, 4.69) is 45.2 Å². The number of hydrogen-bond donors (Lipinski definition) is 1. The average molecular weight is 297 g/mol. The fourth-order valence-electron chi connectivity index (χ4n) is 3.17. The van der Waals surface area contributed by atoms with Crippen molar-refractivity contribution in [3.8, 4) is 0 Å². The second-order valence-electron chi connectivity index (χ2n) is 6.16. The van der Waals surface area contributed by atoms with Crippen LogP contribution in [0.5, 0.6) is 0 Å². The summed E-state index contributed by atoms with van der Waals surface area (Å²) in [6.45, 7) is 3.20. The molecule has 0 amide bonds. The maximum atomic E-state index is 12.1. The number of piperidine rings is 1. The van der Waals surface area contributed by atoms with Gasteiger partial charge in [-0.15, -0.1) is 0 Å². The number of nitrogens with one attached hydrogen (secondary N) is 1. The number of Topliss-reactive ketones (excluding diaryl/α,β-unsaturated/α-hetero) is 1. The Bertz CT molecular complexity index is 572. The molecule has 116 valence electrons. The molecule has 1 aliphatic rings. The highest BCUT2D eigenvalue weighted by Gasteiger charge is 2.21. The number of ketones is 1. The zero-order chi connectivity index (χ0) is 15.2. The molecule has 1 aliphatic heterocycles. The predicted octanol–water partition coefficient (Wildman–Crippen LogP) is 2.82. The number of aromatic amines is 1. The number of likely N-dealkylation sites (tertiary alicyclic amines) is 1. The van der Waals surface area contributed by atoms with Gasteiger partial charge in [0.15, 0.2) is 0 Å². The van der Waals surface area contributed by atoms with E-state index in [4.69, 9.17) is 0 Å². The van der Waals surface area contributed by atoms with Gasteiger partial charge in [0.2, 0.25) is 0 Å². The van der Waals surface area contributed by atoms with Crippen molar-refractivity contribution in [2.45, 2.75) is 32.2 Å². The number of benzene rings is 1. The van der Waals surface area contributed by atoms with Crippen molar-refractivity contribution >= 4 is 5.78 Å². The van der Waals surface area contributed by atoms with Crippen LogP contribution in [0, 0.1) is 5.92 Å². The number of imidazole rings is 1. The van der Waals surface area contributed by atoms with E-state index in [9.17, 15) is 4.79 Å². The van der Waals surface area contributed by atoms with E-state index >= 15 is 0 Å². The summed E-state index contributed by atoms with van der Waals surface area (Å²) >= 11 is 0. The highest BCUT2D eigenvalue weighted by Crippen LogP contribution is 2.22. The number of aromatic nitrogens is 2. The lowest BCUT2D eigenvalue weighted by atomic mass is 9.90. The van der Waals surface area contributed by atoms with Gasteiger partial charge in [-0.05, 0) is 37.4 Å². The first-order chi connectivity index (χ1) is 10.8. The van der Waals surface area contributed by atoms with E-state index < -0.39 is 0 Å².